The molecule has 2 unspecified atom stereocenters. The Labute approximate surface area is 72.6 Å². The highest BCUT2D eigenvalue weighted by molar-refractivity contribution is 5.84. The van der Waals surface area contributed by atoms with Crippen LogP contribution in [0.15, 0.2) is 5.16 Å². The van der Waals surface area contributed by atoms with E-state index in [1.807, 2.05) is 13.8 Å². The molecule has 0 radical (unpaired) electrons. The van der Waals surface area contributed by atoms with Gasteiger partial charge in [0.15, 0.2) is 5.84 Å². The molecule has 0 aliphatic heterocycles. The van der Waals surface area contributed by atoms with E-state index in [0.29, 0.717) is 6.54 Å². The highest BCUT2D eigenvalue weighted by atomic mass is 16.5. The second kappa shape index (κ2) is 5.79. The van der Waals surface area contributed by atoms with Crippen LogP contribution in [0.2, 0.25) is 0 Å². The molecular weight excluding hydrogens is 158 g/mol. The first-order valence-electron chi connectivity index (χ1n) is 3.85. The normalized spacial score (nSPS) is 17.4. The van der Waals surface area contributed by atoms with E-state index >= 15 is 0 Å². The topological polar surface area (TPSA) is 79.9 Å². The fourth-order valence-corrected chi connectivity index (χ4v) is 0.617. The van der Waals surface area contributed by atoms with Crippen LogP contribution in [0.1, 0.15) is 13.8 Å². The molecule has 12 heavy (non-hydrogen) atoms. The van der Waals surface area contributed by atoms with Crippen LogP contribution in [-0.4, -0.2) is 36.8 Å². The summed E-state index contributed by atoms with van der Waals surface area (Å²) in [6, 6.07) is -0.132. The lowest BCUT2D eigenvalue weighted by Gasteiger charge is -2.15. The number of hydrogen-bond donors (Lipinski definition) is 3. The molecular formula is C7H17N3O2. The first-order valence-corrected chi connectivity index (χ1v) is 3.85. The van der Waals surface area contributed by atoms with Gasteiger partial charge in [-0.2, -0.15) is 0 Å². The van der Waals surface area contributed by atoms with E-state index < -0.39 is 0 Å². The number of nitrogens with one attached hydrogen (secondary N) is 1. The molecule has 2 atom stereocenters. The smallest absolute Gasteiger partial charge is 0.156 e. The Kier molecular flexibility index (Phi) is 5.40. The van der Waals surface area contributed by atoms with Gasteiger partial charge in [0, 0.05) is 13.7 Å². The van der Waals surface area contributed by atoms with Gasteiger partial charge in [-0.1, -0.05) is 5.16 Å². The van der Waals surface area contributed by atoms with E-state index in [4.69, 9.17) is 15.7 Å². The highest BCUT2D eigenvalue weighted by Gasteiger charge is 2.07. The summed E-state index contributed by atoms with van der Waals surface area (Å²) >= 11 is 0. The summed E-state index contributed by atoms with van der Waals surface area (Å²) in [5, 5.41) is 14.2. The first-order chi connectivity index (χ1) is 5.61. The molecule has 0 saturated carbocycles. The van der Waals surface area contributed by atoms with Crippen molar-refractivity contribution in [3.05, 3.63) is 0 Å². The van der Waals surface area contributed by atoms with Crippen molar-refractivity contribution in [1.29, 1.82) is 0 Å². The first kappa shape index (κ1) is 11.2. The van der Waals surface area contributed by atoms with Crippen molar-refractivity contribution in [2.45, 2.75) is 26.0 Å². The number of oxime groups is 1. The molecule has 0 amide bonds. The van der Waals surface area contributed by atoms with Crippen LogP contribution in [0.5, 0.6) is 0 Å². The minimum absolute atomic E-state index is 0.124. The summed E-state index contributed by atoms with van der Waals surface area (Å²) in [4.78, 5) is 0. The third-order valence-corrected chi connectivity index (χ3v) is 1.67. The van der Waals surface area contributed by atoms with E-state index in [1.54, 1.807) is 7.11 Å². The lowest BCUT2D eigenvalue weighted by atomic mass is 10.3. The lowest BCUT2D eigenvalue weighted by Crippen LogP contribution is -2.42. The van der Waals surface area contributed by atoms with Crippen LogP contribution in [0.3, 0.4) is 0 Å². The van der Waals surface area contributed by atoms with Gasteiger partial charge in [0.2, 0.25) is 0 Å². The van der Waals surface area contributed by atoms with E-state index in [-0.39, 0.29) is 18.0 Å². The van der Waals surface area contributed by atoms with E-state index in [2.05, 4.69) is 10.5 Å². The third kappa shape index (κ3) is 4.15. The van der Waals surface area contributed by atoms with Crippen LogP contribution in [0, 0.1) is 0 Å². The van der Waals surface area contributed by atoms with Crippen molar-refractivity contribution >= 4 is 5.84 Å². The molecule has 0 spiro atoms. The molecule has 0 saturated heterocycles. The molecule has 0 rings (SSSR count). The summed E-state index contributed by atoms with van der Waals surface area (Å²) in [5.74, 6) is 0.179. The summed E-state index contributed by atoms with van der Waals surface area (Å²) in [7, 11) is 1.64. The largest absolute Gasteiger partial charge is 0.409 e. The summed E-state index contributed by atoms with van der Waals surface area (Å²) in [5.41, 5.74) is 5.34. The van der Waals surface area contributed by atoms with Crippen LogP contribution in [0.4, 0.5) is 0 Å². The number of nitrogens with zero attached hydrogens (tertiary/aromatic N) is 1. The van der Waals surface area contributed by atoms with Crippen molar-refractivity contribution in [2.24, 2.45) is 10.9 Å². The fourth-order valence-electron chi connectivity index (χ4n) is 0.617. The van der Waals surface area contributed by atoms with Gasteiger partial charge >= 0.3 is 0 Å². The molecule has 0 bridgehead atoms. The average molecular weight is 175 g/mol. The molecule has 0 aromatic rings. The maximum absolute atomic E-state index is 8.32. The van der Waals surface area contributed by atoms with Gasteiger partial charge in [-0.3, -0.25) is 0 Å². The molecule has 0 heterocycles. The van der Waals surface area contributed by atoms with Gasteiger partial charge in [0.05, 0.1) is 12.1 Å². The minimum Gasteiger partial charge on any atom is -0.409 e. The average Bonchev–Trinajstić information content (AvgIpc) is 2.11. The van der Waals surface area contributed by atoms with Crippen LogP contribution in [0.25, 0.3) is 0 Å². The molecule has 72 valence electrons. The standard InChI is InChI=1S/C7H17N3O2/c1-5(12-3)4-9-6(2)7(8)10-11/h5-6,9,11H,4H2,1-3H3,(H2,8,10). The van der Waals surface area contributed by atoms with Gasteiger partial charge in [-0.15, -0.1) is 0 Å². The monoisotopic (exact) mass is 175 g/mol. The highest BCUT2D eigenvalue weighted by Crippen LogP contribution is 1.87. The summed E-state index contributed by atoms with van der Waals surface area (Å²) in [6.45, 7) is 4.43. The number of hydrogen-bond acceptors (Lipinski definition) is 4. The quantitative estimate of drug-likeness (QED) is 0.233. The van der Waals surface area contributed by atoms with Crippen molar-refractivity contribution in [3.63, 3.8) is 0 Å². The van der Waals surface area contributed by atoms with Crippen molar-refractivity contribution in [2.75, 3.05) is 13.7 Å². The Morgan fingerprint density at radius 2 is 2.25 bits per heavy atom. The lowest BCUT2D eigenvalue weighted by molar-refractivity contribution is 0.116. The molecule has 0 aromatic heterocycles. The summed E-state index contributed by atoms with van der Waals surface area (Å²) < 4.78 is 5.01. The maximum atomic E-state index is 8.32. The third-order valence-electron chi connectivity index (χ3n) is 1.67. The second-order valence-corrected chi connectivity index (χ2v) is 2.70. The molecule has 4 N–H and O–H groups in total. The molecule has 0 aromatic carbocycles. The Morgan fingerprint density at radius 3 is 2.67 bits per heavy atom. The van der Waals surface area contributed by atoms with Crippen LogP contribution in [-0.2, 0) is 4.74 Å². The van der Waals surface area contributed by atoms with Gasteiger partial charge in [-0.25, -0.2) is 0 Å². The number of ether oxygens (including phenoxy) is 1. The Balaban J connectivity index is 3.64. The SMILES string of the molecule is COC(C)CNC(C)C(N)=NO. The molecule has 0 aliphatic carbocycles. The number of rotatable bonds is 5. The predicted octanol–water partition coefficient (Wildman–Crippen LogP) is -0.254. The predicted molar refractivity (Wildman–Crippen MR) is 47.3 cm³/mol. The Hall–Kier alpha value is -0.810. The molecule has 0 aliphatic rings. The number of amidine groups is 1. The van der Waals surface area contributed by atoms with Crippen LogP contribution < -0.4 is 11.1 Å². The van der Waals surface area contributed by atoms with Gasteiger partial charge in [0.25, 0.3) is 0 Å². The van der Waals surface area contributed by atoms with Crippen molar-refractivity contribution < 1.29 is 9.94 Å². The molecule has 0 fully saturated rings. The zero-order valence-electron chi connectivity index (χ0n) is 7.74. The Bertz CT molecular complexity index is 150. The minimum atomic E-state index is -0.132. The van der Waals surface area contributed by atoms with Crippen molar-refractivity contribution in [1.82, 2.24) is 5.32 Å². The van der Waals surface area contributed by atoms with E-state index in [0.717, 1.165) is 0 Å². The zero-order chi connectivity index (χ0) is 9.56. The fraction of sp³-hybridized carbons (Fsp3) is 0.857. The Morgan fingerprint density at radius 1 is 1.67 bits per heavy atom. The van der Waals surface area contributed by atoms with Crippen LogP contribution >= 0.6 is 0 Å². The number of methoxy groups -OCH3 is 1. The van der Waals surface area contributed by atoms with E-state index in [9.17, 15) is 0 Å². The van der Waals surface area contributed by atoms with Crippen molar-refractivity contribution in [3.8, 4) is 0 Å². The second-order valence-electron chi connectivity index (χ2n) is 2.70. The van der Waals surface area contributed by atoms with Gasteiger partial charge < -0.3 is 21.0 Å². The van der Waals surface area contributed by atoms with Gasteiger partial charge in [-0.05, 0) is 13.8 Å². The molecule has 5 nitrogen and oxygen atoms in total. The van der Waals surface area contributed by atoms with Gasteiger partial charge in [0.1, 0.15) is 0 Å². The summed E-state index contributed by atoms with van der Waals surface area (Å²) in [6.07, 6.45) is 0.124. The molecule has 5 heteroatoms. The zero-order valence-corrected chi connectivity index (χ0v) is 7.74. The van der Waals surface area contributed by atoms with E-state index in [1.165, 1.54) is 0 Å². The maximum Gasteiger partial charge on any atom is 0.156 e. The number of nitrogens with two attached hydrogens (primary N) is 1.